The Morgan fingerprint density at radius 3 is 2.79 bits per heavy atom. The van der Waals surface area contributed by atoms with Gasteiger partial charge in [0.2, 0.25) is 0 Å². The number of benzene rings is 2. The Morgan fingerprint density at radius 1 is 1.17 bits per heavy atom. The van der Waals surface area contributed by atoms with Crippen LogP contribution in [0.5, 0.6) is 5.75 Å². The van der Waals surface area contributed by atoms with E-state index in [9.17, 15) is 9.18 Å². The molecule has 0 aliphatic carbocycles. The molecule has 1 heterocycles. The van der Waals surface area contributed by atoms with Crippen LogP contribution in [0.1, 0.15) is 22.1 Å². The first-order valence-corrected chi connectivity index (χ1v) is 7.24. The number of ether oxygens (including phenoxy) is 1. The second-order valence-electron chi connectivity index (χ2n) is 4.90. The number of rotatable bonds is 6. The molecule has 3 rings (SSSR count). The van der Waals surface area contributed by atoms with Gasteiger partial charge in [0.25, 0.3) is 11.8 Å². The fourth-order valence-electron chi connectivity index (χ4n) is 1.97. The summed E-state index contributed by atoms with van der Waals surface area (Å²) in [4.78, 5) is 16.0. The molecule has 0 spiro atoms. The lowest BCUT2D eigenvalue weighted by molar-refractivity contribution is 0.0949. The summed E-state index contributed by atoms with van der Waals surface area (Å²) >= 11 is 0. The lowest BCUT2D eigenvalue weighted by Gasteiger charge is -2.02. The van der Waals surface area contributed by atoms with Gasteiger partial charge in [-0.1, -0.05) is 29.4 Å². The van der Waals surface area contributed by atoms with E-state index in [0.717, 1.165) is 6.07 Å². The van der Waals surface area contributed by atoms with Gasteiger partial charge in [-0.25, -0.2) is 4.39 Å². The molecule has 7 heteroatoms. The van der Waals surface area contributed by atoms with E-state index >= 15 is 0 Å². The molecule has 0 aliphatic rings. The van der Waals surface area contributed by atoms with E-state index in [0.29, 0.717) is 17.5 Å². The summed E-state index contributed by atoms with van der Waals surface area (Å²) in [5, 5.41) is 6.35. The Balaban J connectivity index is 1.51. The van der Waals surface area contributed by atoms with Crippen molar-refractivity contribution in [3.8, 4) is 5.75 Å². The second kappa shape index (κ2) is 7.36. The van der Waals surface area contributed by atoms with Crippen LogP contribution < -0.4 is 10.1 Å². The van der Waals surface area contributed by atoms with Gasteiger partial charge in [0.1, 0.15) is 11.6 Å². The van der Waals surface area contributed by atoms with Gasteiger partial charge < -0.3 is 14.6 Å². The molecule has 0 unspecified atom stereocenters. The molecule has 6 nitrogen and oxygen atoms in total. The fraction of sp³-hybridized carbons (Fsp3) is 0.118. The monoisotopic (exact) mass is 327 g/mol. The van der Waals surface area contributed by atoms with Crippen LogP contribution in [0.15, 0.2) is 59.1 Å². The number of nitrogens with one attached hydrogen (secondary N) is 1. The average molecular weight is 327 g/mol. The molecule has 2 aromatic carbocycles. The summed E-state index contributed by atoms with van der Waals surface area (Å²) in [5.41, 5.74) is 0.228. The molecule has 0 saturated carbocycles. The largest absolute Gasteiger partial charge is 0.484 e. The smallest absolute Gasteiger partial charge is 0.264 e. The zero-order valence-electron chi connectivity index (χ0n) is 12.6. The van der Waals surface area contributed by atoms with E-state index in [-0.39, 0.29) is 18.7 Å². The molecule has 0 atom stereocenters. The van der Waals surface area contributed by atoms with Gasteiger partial charge >= 0.3 is 0 Å². The summed E-state index contributed by atoms with van der Waals surface area (Å²) in [6.45, 7) is 0.207. The third-order valence-corrected chi connectivity index (χ3v) is 3.11. The van der Waals surface area contributed by atoms with Crippen molar-refractivity contribution in [2.24, 2.45) is 0 Å². The number of amides is 1. The van der Waals surface area contributed by atoms with E-state index in [1.54, 1.807) is 0 Å². The topological polar surface area (TPSA) is 77.2 Å². The van der Waals surface area contributed by atoms with Crippen LogP contribution in [-0.2, 0) is 13.2 Å². The van der Waals surface area contributed by atoms with Gasteiger partial charge in [-0.2, -0.15) is 4.98 Å². The van der Waals surface area contributed by atoms with Crippen molar-refractivity contribution in [2.45, 2.75) is 13.2 Å². The highest BCUT2D eigenvalue weighted by molar-refractivity contribution is 5.94. The van der Waals surface area contributed by atoms with Crippen LogP contribution in [0.2, 0.25) is 0 Å². The number of para-hydroxylation sites is 1. The number of hydrogen-bond donors (Lipinski definition) is 1. The summed E-state index contributed by atoms with van der Waals surface area (Å²) < 4.78 is 23.6. The lowest BCUT2D eigenvalue weighted by atomic mass is 10.2. The molecule has 122 valence electrons. The van der Waals surface area contributed by atoms with Crippen molar-refractivity contribution >= 4 is 5.91 Å². The number of halogens is 1. The Bertz CT molecular complexity index is 821. The molecule has 0 aliphatic heterocycles. The fourth-order valence-corrected chi connectivity index (χ4v) is 1.97. The predicted molar refractivity (Wildman–Crippen MR) is 82.6 cm³/mol. The Kier molecular flexibility index (Phi) is 4.81. The van der Waals surface area contributed by atoms with Crippen LogP contribution in [0.25, 0.3) is 0 Å². The third-order valence-electron chi connectivity index (χ3n) is 3.11. The van der Waals surface area contributed by atoms with Crippen LogP contribution >= 0.6 is 0 Å². The maximum Gasteiger partial charge on any atom is 0.264 e. The molecular weight excluding hydrogens is 313 g/mol. The van der Waals surface area contributed by atoms with Gasteiger partial charge in [0.05, 0.1) is 6.54 Å². The zero-order valence-corrected chi connectivity index (χ0v) is 12.6. The van der Waals surface area contributed by atoms with Crippen molar-refractivity contribution in [1.82, 2.24) is 15.5 Å². The van der Waals surface area contributed by atoms with Crippen molar-refractivity contribution in [3.63, 3.8) is 0 Å². The molecule has 1 amide bonds. The average Bonchev–Trinajstić information content (AvgIpc) is 3.07. The first-order valence-electron chi connectivity index (χ1n) is 7.24. The van der Waals surface area contributed by atoms with Crippen LogP contribution in [0.4, 0.5) is 4.39 Å². The highest BCUT2D eigenvalue weighted by atomic mass is 19.1. The van der Waals surface area contributed by atoms with Crippen LogP contribution in [-0.4, -0.2) is 16.0 Å². The van der Waals surface area contributed by atoms with E-state index in [4.69, 9.17) is 9.26 Å². The maximum atomic E-state index is 13.1. The molecule has 1 aromatic heterocycles. The number of carbonyl (C=O) groups is 1. The van der Waals surface area contributed by atoms with Gasteiger partial charge in [0, 0.05) is 5.56 Å². The number of carbonyl (C=O) groups excluding carboxylic acids is 1. The quantitative estimate of drug-likeness (QED) is 0.753. The van der Waals surface area contributed by atoms with Gasteiger partial charge in [-0.05, 0) is 30.3 Å². The Morgan fingerprint density at radius 2 is 2.00 bits per heavy atom. The molecule has 0 radical (unpaired) electrons. The first kappa shape index (κ1) is 15.7. The number of hydrogen-bond acceptors (Lipinski definition) is 5. The SMILES string of the molecule is O=C(NCc1noc(COc2ccccc2)n1)c1cccc(F)c1. The molecule has 0 fully saturated rings. The van der Waals surface area contributed by atoms with Crippen molar-refractivity contribution in [2.75, 3.05) is 0 Å². The van der Waals surface area contributed by atoms with Gasteiger partial charge in [-0.15, -0.1) is 0 Å². The summed E-state index contributed by atoms with van der Waals surface area (Å²) in [7, 11) is 0. The van der Waals surface area contributed by atoms with Crippen LogP contribution in [0, 0.1) is 5.82 Å². The summed E-state index contributed by atoms with van der Waals surface area (Å²) in [6, 6.07) is 14.7. The Labute approximate surface area is 137 Å². The standard InChI is InChI=1S/C17H14FN3O3/c18-13-6-4-5-12(9-13)17(22)19-10-15-20-16(24-21-15)11-23-14-7-2-1-3-8-14/h1-9H,10-11H2,(H,19,22). The zero-order chi connectivity index (χ0) is 16.8. The van der Waals surface area contributed by atoms with Crippen LogP contribution in [0.3, 0.4) is 0 Å². The minimum atomic E-state index is -0.470. The highest BCUT2D eigenvalue weighted by Gasteiger charge is 2.10. The summed E-state index contributed by atoms with van der Waals surface area (Å²) in [6.07, 6.45) is 0. The number of aromatic nitrogens is 2. The second-order valence-corrected chi connectivity index (χ2v) is 4.90. The molecule has 0 bridgehead atoms. The summed E-state index contributed by atoms with van der Waals surface area (Å²) in [5.74, 6) is 0.417. The molecule has 24 heavy (non-hydrogen) atoms. The third kappa shape index (κ3) is 4.16. The van der Waals surface area contributed by atoms with Crippen molar-refractivity contribution < 1.29 is 18.4 Å². The molecule has 1 N–H and O–H groups in total. The molecule has 0 saturated heterocycles. The van der Waals surface area contributed by atoms with Gasteiger partial charge in [-0.3, -0.25) is 4.79 Å². The molecule has 3 aromatic rings. The minimum absolute atomic E-state index is 0.0736. The van der Waals surface area contributed by atoms with E-state index in [1.807, 2.05) is 30.3 Å². The maximum absolute atomic E-state index is 13.1. The van der Waals surface area contributed by atoms with E-state index < -0.39 is 11.7 Å². The first-order chi connectivity index (χ1) is 11.7. The van der Waals surface area contributed by atoms with Crippen molar-refractivity contribution in [1.29, 1.82) is 0 Å². The van der Waals surface area contributed by atoms with Gasteiger partial charge in [0.15, 0.2) is 12.4 Å². The lowest BCUT2D eigenvalue weighted by Crippen LogP contribution is -2.23. The minimum Gasteiger partial charge on any atom is -0.484 e. The molecular formula is C17H14FN3O3. The van der Waals surface area contributed by atoms with E-state index in [1.165, 1.54) is 18.2 Å². The Hall–Kier alpha value is -3.22. The predicted octanol–water partition coefficient (Wildman–Crippen LogP) is 2.72. The number of nitrogens with zero attached hydrogens (tertiary/aromatic N) is 2. The normalized spacial score (nSPS) is 10.4. The van der Waals surface area contributed by atoms with E-state index in [2.05, 4.69) is 15.5 Å². The highest BCUT2D eigenvalue weighted by Crippen LogP contribution is 2.11. The van der Waals surface area contributed by atoms with Crippen molar-refractivity contribution in [3.05, 3.63) is 77.7 Å².